The number of nitrogens with zero attached hydrogens (tertiary/aromatic N) is 1. The van der Waals surface area contributed by atoms with Crippen molar-refractivity contribution in [3.8, 4) is 0 Å². The molecule has 1 saturated heterocycles. The third-order valence-corrected chi connectivity index (χ3v) is 4.99. The molecular weight excluding hydrogens is 392 g/mol. The predicted octanol–water partition coefficient (Wildman–Crippen LogP) is 1.64. The minimum Gasteiger partial charge on any atom is -0.469 e. The molecule has 0 saturated carbocycles. The van der Waals surface area contributed by atoms with Crippen LogP contribution in [0.2, 0.25) is 0 Å². The summed E-state index contributed by atoms with van der Waals surface area (Å²) in [7, 11) is 2.45. The number of carbonyl (C=O) groups excluding carboxylic acids is 4. The molecule has 0 bridgehead atoms. The lowest BCUT2D eigenvalue weighted by Gasteiger charge is -2.26. The van der Waals surface area contributed by atoms with Crippen LogP contribution in [-0.2, 0) is 35.2 Å². The number of nitrogens with one attached hydrogen (secondary N) is 1. The van der Waals surface area contributed by atoms with Crippen LogP contribution in [0.4, 0.5) is 4.79 Å². The lowest BCUT2D eigenvalue weighted by molar-refractivity contribution is -0.149. The van der Waals surface area contributed by atoms with E-state index in [-0.39, 0.29) is 13.0 Å². The van der Waals surface area contributed by atoms with Gasteiger partial charge >= 0.3 is 18.0 Å². The van der Waals surface area contributed by atoms with Gasteiger partial charge in [-0.25, -0.2) is 9.59 Å². The van der Waals surface area contributed by atoms with E-state index in [0.717, 1.165) is 5.56 Å². The van der Waals surface area contributed by atoms with Crippen molar-refractivity contribution in [2.45, 2.75) is 44.9 Å². The molecule has 164 valence electrons. The van der Waals surface area contributed by atoms with E-state index in [4.69, 9.17) is 9.47 Å². The van der Waals surface area contributed by atoms with E-state index < -0.39 is 41.9 Å². The molecule has 1 N–H and O–H groups in total. The summed E-state index contributed by atoms with van der Waals surface area (Å²) < 4.78 is 14.7. The summed E-state index contributed by atoms with van der Waals surface area (Å²) >= 11 is 0. The molecule has 9 nitrogen and oxygen atoms in total. The first-order valence-corrected chi connectivity index (χ1v) is 9.80. The molecule has 2 rings (SSSR count). The molecule has 0 spiro atoms. The van der Waals surface area contributed by atoms with Gasteiger partial charge in [0.15, 0.2) is 0 Å². The summed E-state index contributed by atoms with van der Waals surface area (Å²) in [4.78, 5) is 50.4. The van der Waals surface area contributed by atoms with Crippen LogP contribution in [0.1, 0.15) is 31.7 Å². The molecule has 1 fully saturated rings. The number of benzene rings is 1. The Labute approximate surface area is 175 Å². The number of esters is 2. The van der Waals surface area contributed by atoms with E-state index in [1.54, 1.807) is 6.92 Å². The molecule has 3 atom stereocenters. The van der Waals surface area contributed by atoms with E-state index in [2.05, 4.69) is 10.1 Å². The largest absolute Gasteiger partial charge is 0.469 e. The predicted molar refractivity (Wildman–Crippen MR) is 106 cm³/mol. The Morgan fingerprint density at radius 3 is 2.40 bits per heavy atom. The van der Waals surface area contributed by atoms with Gasteiger partial charge in [-0.3, -0.25) is 14.5 Å². The zero-order valence-electron chi connectivity index (χ0n) is 17.5. The second-order valence-electron chi connectivity index (χ2n) is 7.14. The van der Waals surface area contributed by atoms with Crippen molar-refractivity contribution < 1.29 is 33.4 Å². The number of likely N-dealkylation sites (tertiary alicyclic amines) is 1. The van der Waals surface area contributed by atoms with Crippen LogP contribution in [0.5, 0.6) is 0 Å². The number of hydrogen-bond acceptors (Lipinski definition) is 7. The van der Waals surface area contributed by atoms with Crippen LogP contribution in [0.3, 0.4) is 0 Å². The van der Waals surface area contributed by atoms with Crippen molar-refractivity contribution >= 4 is 23.9 Å². The molecular formula is C21H28N2O7. The summed E-state index contributed by atoms with van der Waals surface area (Å²) in [6.07, 6.45) is 0.525. The van der Waals surface area contributed by atoms with Crippen molar-refractivity contribution in [2.24, 2.45) is 5.92 Å². The SMILES string of the molecule is COC(=O)[C@H](C)C[C@@H](NC(=O)[C@H]1CCCN1C(=O)OCc1ccccc1)C(=O)OC. The van der Waals surface area contributed by atoms with Crippen molar-refractivity contribution in [1.82, 2.24) is 10.2 Å². The Hall–Kier alpha value is -3.10. The van der Waals surface area contributed by atoms with Gasteiger partial charge < -0.3 is 19.5 Å². The van der Waals surface area contributed by atoms with E-state index in [1.807, 2.05) is 30.3 Å². The average molecular weight is 420 g/mol. The molecule has 9 heteroatoms. The van der Waals surface area contributed by atoms with Crippen LogP contribution >= 0.6 is 0 Å². The van der Waals surface area contributed by atoms with Gasteiger partial charge in [-0.2, -0.15) is 0 Å². The molecule has 30 heavy (non-hydrogen) atoms. The third-order valence-electron chi connectivity index (χ3n) is 4.99. The van der Waals surface area contributed by atoms with Crippen LogP contribution in [-0.4, -0.2) is 61.7 Å². The molecule has 0 radical (unpaired) electrons. The Balaban J connectivity index is 1.98. The summed E-state index contributed by atoms with van der Waals surface area (Å²) in [6.45, 7) is 2.08. The molecule has 1 aromatic carbocycles. The fraction of sp³-hybridized carbons (Fsp3) is 0.524. The maximum Gasteiger partial charge on any atom is 0.410 e. The summed E-state index contributed by atoms with van der Waals surface area (Å²) in [5.74, 6) is -2.27. The summed E-state index contributed by atoms with van der Waals surface area (Å²) in [6, 6.07) is 7.45. The molecule has 1 aliphatic heterocycles. The van der Waals surface area contributed by atoms with Gasteiger partial charge in [0.2, 0.25) is 5.91 Å². The summed E-state index contributed by atoms with van der Waals surface area (Å²) in [5, 5.41) is 2.61. The van der Waals surface area contributed by atoms with E-state index in [0.29, 0.717) is 19.4 Å². The number of ether oxygens (including phenoxy) is 3. The molecule has 0 aromatic heterocycles. The Kier molecular flexibility index (Phi) is 8.64. The number of hydrogen-bond donors (Lipinski definition) is 1. The van der Waals surface area contributed by atoms with E-state index in [1.165, 1.54) is 19.1 Å². The lowest BCUT2D eigenvalue weighted by atomic mass is 10.0. The quantitative estimate of drug-likeness (QED) is 0.503. The average Bonchev–Trinajstić information content (AvgIpc) is 3.26. The second kappa shape index (κ2) is 11.2. The first kappa shape index (κ1) is 23.2. The maximum atomic E-state index is 12.8. The van der Waals surface area contributed by atoms with Gasteiger partial charge in [-0.05, 0) is 24.8 Å². The smallest absolute Gasteiger partial charge is 0.410 e. The lowest BCUT2D eigenvalue weighted by Crippen LogP contribution is -2.51. The monoisotopic (exact) mass is 420 g/mol. The highest BCUT2D eigenvalue weighted by molar-refractivity contribution is 5.90. The van der Waals surface area contributed by atoms with Crippen molar-refractivity contribution in [3.63, 3.8) is 0 Å². The Bertz CT molecular complexity index is 753. The number of methoxy groups -OCH3 is 2. The zero-order valence-corrected chi connectivity index (χ0v) is 17.5. The first-order valence-electron chi connectivity index (χ1n) is 9.80. The van der Waals surface area contributed by atoms with Crippen molar-refractivity contribution in [2.75, 3.05) is 20.8 Å². The molecule has 2 amide bonds. The number of amides is 2. The normalized spacial score (nSPS) is 17.6. The number of rotatable bonds is 8. The number of carbonyl (C=O) groups is 4. The molecule has 0 aliphatic carbocycles. The van der Waals surface area contributed by atoms with Crippen LogP contribution in [0.15, 0.2) is 30.3 Å². The molecule has 1 aliphatic rings. The third kappa shape index (κ3) is 6.20. The maximum absolute atomic E-state index is 12.8. The minimum absolute atomic E-state index is 0.0241. The topological polar surface area (TPSA) is 111 Å². The van der Waals surface area contributed by atoms with E-state index >= 15 is 0 Å². The highest BCUT2D eigenvalue weighted by Crippen LogP contribution is 2.20. The summed E-state index contributed by atoms with van der Waals surface area (Å²) in [5.41, 5.74) is 0.841. The van der Waals surface area contributed by atoms with Crippen LogP contribution in [0, 0.1) is 5.92 Å². The van der Waals surface area contributed by atoms with E-state index in [9.17, 15) is 19.2 Å². The fourth-order valence-corrected chi connectivity index (χ4v) is 3.34. The van der Waals surface area contributed by atoms with Crippen LogP contribution in [0.25, 0.3) is 0 Å². The first-order chi connectivity index (χ1) is 14.4. The van der Waals surface area contributed by atoms with Gasteiger partial charge in [0, 0.05) is 6.54 Å². The van der Waals surface area contributed by atoms with Gasteiger partial charge in [0.05, 0.1) is 20.1 Å². The van der Waals surface area contributed by atoms with Crippen LogP contribution < -0.4 is 5.32 Å². The van der Waals surface area contributed by atoms with Crippen molar-refractivity contribution in [3.05, 3.63) is 35.9 Å². The fourth-order valence-electron chi connectivity index (χ4n) is 3.34. The van der Waals surface area contributed by atoms with Gasteiger partial charge in [-0.15, -0.1) is 0 Å². The zero-order chi connectivity index (χ0) is 22.1. The van der Waals surface area contributed by atoms with Gasteiger partial charge in [0.25, 0.3) is 0 Å². The highest BCUT2D eigenvalue weighted by atomic mass is 16.6. The standard InChI is InChI=1S/C21H28N2O7/c1-14(19(25)28-2)12-16(20(26)29-3)22-18(24)17-10-7-11-23(17)21(27)30-13-15-8-5-4-6-9-15/h4-6,8-9,14,16-17H,7,10-13H2,1-3H3,(H,22,24)/t14-,16-,17-/m1/s1. The van der Waals surface area contributed by atoms with Gasteiger partial charge in [-0.1, -0.05) is 37.3 Å². The molecule has 1 heterocycles. The minimum atomic E-state index is -1.03. The Morgan fingerprint density at radius 1 is 1.10 bits per heavy atom. The Morgan fingerprint density at radius 2 is 1.77 bits per heavy atom. The second-order valence-corrected chi connectivity index (χ2v) is 7.14. The molecule has 1 aromatic rings. The van der Waals surface area contributed by atoms with Gasteiger partial charge in [0.1, 0.15) is 18.7 Å². The van der Waals surface area contributed by atoms with Crippen molar-refractivity contribution in [1.29, 1.82) is 0 Å². The molecule has 0 unspecified atom stereocenters. The highest BCUT2D eigenvalue weighted by Gasteiger charge is 2.37.